The molecule has 0 aliphatic carbocycles. The molecule has 0 aliphatic rings. The van der Waals surface area contributed by atoms with Crippen molar-refractivity contribution in [2.24, 2.45) is 0 Å². The van der Waals surface area contributed by atoms with E-state index in [9.17, 15) is 4.39 Å². The van der Waals surface area contributed by atoms with E-state index in [0.717, 1.165) is 5.56 Å². The molecule has 0 bridgehead atoms. The van der Waals surface area contributed by atoms with E-state index in [1.165, 1.54) is 6.07 Å². The number of para-hydroxylation sites is 1. The maximum Gasteiger partial charge on any atom is 0.165 e. The smallest absolute Gasteiger partial charge is 0.165 e. The summed E-state index contributed by atoms with van der Waals surface area (Å²) in [7, 11) is 0. The van der Waals surface area contributed by atoms with Crippen LogP contribution < -0.4 is 4.74 Å². The van der Waals surface area contributed by atoms with Crippen molar-refractivity contribution in [3.05, 3.63) is 52.5 Å². The molecule has 2 aromatic rings. The van der Waals surface area contributed by atoms with E-state index in [2.05, 4.69) is 0 Å². The highest BCUT2D eigenvalue weighted by atomic mass is 32.1. The van der Waals surface area contributed by atoms with Gasteiger partial charge in [-0.3, -0.25) is 0 Å². The van der Waals surface area contributed by atoms with Crippen LogP contribution in [0, 0.1) is 5.82 Å². The van der Waals surface area contributed by atoms with Crippen LogP contribution in [0.3, 0.4) is 0 Å². The molecule has 0 unspecified atom stereocenters. The summed E-state index contributed by atoms with van der Waals surface area (Å²) in [5, 5.41) is 3.96. The molecular weight excluding hydrogens is 199 g/mol. The molecule has 1 aromatic carbocycles. The molecule has 2 rings (SSSR count). The molecule has 1 aromatic heterocycles. The lowest BCUT2D eigenvalue weighted by molar-refractivity contribution is 0.291. The molecule has 0 aliphatic heterocycles. The zero-order valence-corrected chi connectivity index (χ0v) is 8.26. The third-order valence-corrected chi connectivity index (χ3v) is 2.54. The van der Waals surface area contributed by atoms with Gasteiger partial charge in [0.05, 0.1) is 0 Å². The van der Waals surface area contributed by atoms with Crippen LogP contribution >= 0.6 is 11.3 Å². The number of hydrogen-bond donors (Lipinski definition) is 0. The van der Waals surface area contributed by atoms with Crippen LogP contribution in [-0.2, 0) is 6.61 Å². The van der Waals surface area contributed by atoms with Gasteiger partial charge >= 0.3 is 0 Å². The minimum absolute atomic E-state index is 0.304. The Hall–Kier alpha value is -1.35. The van der Waals surface area contributed by atoms with Crippen molar-refractivity contribution in [2.45, 2.75) is 6.61 Å². The summed E-state index contributed by atoms with van der Waals surface area (Å²) in [4.78, 5) is 0. The van der Waals surface area contributed by atoms with Gasteiger partial charge in [0, 0.05) is 0 Å². The number of ether oxygens (including phenoxy) is 1. The fourth-order valence-corrected chi connectivity index (χ4v) is 1.75. The average Bonchev–Trinajstić information content (AvgIpc) is 2.69. The fourth-order valence-electron chi connectivity index (χ4n) is 1.10. The summed E-state index contributed by atoms with van der Waals surface area (Å²) in [6.45, 7) is 0.421. The molecule has 1 nitrogen and oxygen atoms in total. The van der Waals surface area contributed by atoms with E-state index < -0.39 is 0 Å². The fraction of sp³-hybridized carbons (Fsp3) is 0.0909. The van der Waals surface area contributed by atoms with Crippen molar-refractivity contribution in [2.75, 3.05) is 0 Å². The highest BCUT2D eigenvalue weighted by Crippen LogP contribution is 2.17. The van der Waals surface area contributed by atoms with Crippen LogP contribution in [0.2, 0.25) is 0 Å². The van der Waals surface area contributed by atoms with E-state index in [-0.39, 0.29) is 5.82 Å². The zero-order chi connectivity index (χ0) is 9.80. The van der Waals surface area contributed by atoms with Crippen LogP contribution in [0.15, 0.2) is 41.1 Å². The Morgan fingerprint density at radius 3 is 2.79 bits per heavy atom. The van der Waals surface area contributed by atoms with Gasteiger partial charge in [0.25, 0.3) is 0 Å². The van der Waals surface area contributed by atoms with Crippen molar-refractivity contribution in [1.29, 1.82) is 0 Å². The zero-order valence-electron chi connectivity index (χ0n) is 7.44. The summed E-state index contributed by atoms with van der Waals surface area (Å²) >= 11 is 1.61. The molecule has 0 fully saturated rings. The maximum absolute atomic E-state index is 13.1. The second-order valence-electron chi connectivity index (χ2n) is 2.85. The second-order valence-corrected chi connectivity index (χ2v) is 3.63. The standard InChI is InChI=1S/C11H9FOS/c12-10-3-1-2-4-11(10)13-7-9-5-6-14-8-9/h1-6,8H,7H2. The molecular formula is C11H9FOS. The summed E-state index contributed by atoms with van der Waals surface area (Å²) < 4.78 is 18.4. The molecule has 0 N–H and O–H groups in total. The molecule has 3 heteroatoms. The highest BCUT2D eigenvalue weighted by molar-refractivity contribution is 7.07. The monoisotopic (exact) mass is 208 g/mol. The van der Waals surface area contributed by atoms with Gasteiger partial charge in [0.2, 0.25) is 0 Å². The molecule has 0 radical (unpaired) electrons. The van der Waals surface area contributed by atoms with Gasteiger partial charge in [-0.1, -0.05) is 12.1 Å². The average molecular weight is 208 g/mol. The van der Waals surface area contributed by atoms with Gasteiger partial charge in [0.15, 0.2) is 11.6 Å². The lowest BCUT2D eigenvalue weighted by Gasteiger charge is -2.04. The van der Waals surface area contributed by atoms with Gasteiger partial charge < -0.3 is 4.74 Å². The van der Waals surface area contributed by atoms with Gasteiger partial charge in [-0.15, -0.1) is 0 Å². The van der Waals surface area contributed by atoms with Crippen molar-refractivity contribution in [3.63, 3.8) is 0 Å². The maximum atomic E-state index is 13.1. The first-order chi connectivity index (χ1) is 6.86. The van der Waals surface area contributed by atoms with Crippen molar-refractivity contribution < 1.29 is 9.13 Å². The van der Waals surface area contributed by atoms with Crippen molar-refractivity contribution >= 4 is 11.3 Å². The molecule has 0 saturated heterocycles. The van der Waals surface area contributed by atoms with E-state index in [0.29, 0.717) is 12.4 Å². The van der Waals surface area contributed by atoms with Gasteiger partial charge in [0.1, 0.15) is 6.61 Å². The van der Waals surface area contributed by atoms with Gasteiger partial charge in [-0.25, -0.2) is 4.39 Å². The Morgan fingerprint density at radius 1 is 1.21 bits per heavy atom. The first-order valence-corrected chi connectivity index (χ1v) is 5.19. The van der Waals surface area contributed by atoms with E-state index in [1.807, 2.05) is 16.8 Å². The number of rotatable bonds is 3. The predicted octanol–water partition coefficient (Wildman–Crippen LogP) is 3.47. The van der Waals surface area contributed by atoms with E-state index in [4.69, 9.17) is 4.74 Å². The lowest BCUT2D eigenvalue weighted by atomic mass is 10.3. The first-order valence-electron chi connectivity index (χ1n) is 4.24. The Kier molecular flexibility index (Phi) is 2.79. The summed E-state index contributed by atoms with van der Waals surface area (Å²) in [5.41, 5.74) is 1.07. The number of thiophene rings is 1. The van der Waals surface area contributed by atoms with Gasteiger partial charge in [-0.05, 0) is 34.5 Å². The SMILES string of the molecule is Fc1ccccc1OCc1ccsc1. The van der Waals surface area contributed by atoms with Crippen LogP contribution in [-0.4, -0.2) is 0 Å². The summed E-state index contributed by atoms with van der Waals surface area (Å²) in [5.74, 6) is -0.0126. The van der Waals surface area contributed by atoms with Crippen LogP contribution in [0.4, 0.5) is 4.39 Å². The van der Waals surface area contributed by atoms with E-state index in [1.54, 1.807) is 29.5 Å². The molecule has 0 saturated carbocycles. The molecule has 0 amide bonds. The Balaban J connectivity index is 2.02. The molecule has 14 heavy (non-hydrogen) atoms. The number of benzene rings is 1. The Morgan fingerprint density at radius 2 is 2.07 bits per heavy atom. The molecule has 72 valence electrons. The third-order valence-electron chi connectivity index (χ3n) is 1.81. The lowest BCUT2D eigenvalue weighted by Crippen LogP contribution is -1.95. The molecule has 1 heterocycles. The molecule has 0 spiro atoms. The minimum atomic E-state index is -0.317. The summed E-state index contributed by atoms with van der Waals surface area (Å²) in [6, 6.07) is 8.38. The minimum Gasteiger partial charge on any atom is -0.486 e. The predicted molar refractivity (Wildman–Crippen MR) is 55.1 cm³/mol. The molecule has 0 atom stereocenters. The van der Waals surface area contributed by atoms with Crippen LogP contribution in [0.25, 0.3) is 0 Å². The van der Waals surface area contributed by atoms with Crippen molar-refractivity contribution in [3.8, 4) is 5.75 Å². The first kappa shape index (κ1) is 9.21. The normalized spacial score (nSPS) is 10.1. The number of hydrogen-bond acceptors (Lipinski definition) is 2. The third kappa shape index (κ3) is 2.12. The Labute approximate surface area is 85.8 Å². The van der Waals surface area contributed by atoms with Crippen LogP contribution in [0.1, 0.15) is 5.56 Å². The van der Waals surface area contributed by atoms with E-state index >= 15 is 0 Å². The second kappa shape index (κ2) is 4.24. The number of halogens is 1. The highest BCUT2D eigenvalue weighted by Gasteiger charge is 2.01. The summed E-state index contributed by atoms with van der Waals surface area (Å²) in [6.07, 6.45) is 0. The van der Waals surface area contributed by atoms with Crippen molar-refractivity contribution in [1.82, 2.24) is 0 Å². The topological polar surface area (TPSA) is 9.23 Å². The largest absolute Gasteiger partial charge is 0.486 e. The Bertz CT molecular complexity index is 397. The van der Waals surface area contributed by atoms with Crippen LogP contribution in [0.5, 0.6) is 5.75 Å². The van der Waals surface area contributed by atoms with Gasteiger partial charge in [-0.2, -0.15) is 11.3 Å². The quantitative estimate of drug-likeness (QED) is 0.750.